The summed E-state index contributed by atoms with van der Waals surface area (Å²) in [5, 5.41) is 8.98. The van der Waals surface area contributed by atoms with E-state index in [4.69, 9.17) is 11.0 Å². The molecule has 0 bridgehead atoms. The number of nitrogen functional groups attached to an aromatic ring is 1. The summed E-state index contributed by atoms with van der Waals surface area (Å²) in [6, 6.07) is 5.60. The topological polar surface area (TPSA) is 65.4 Å². The van der Waals surface area contributed by atoms with Crippen LogP contribution in [0, 0.1) is 18.3 Å². The summed E-state index contributed by atoms with van der Waals surface area (Å²) in [5.74, 6) is 0. The number of nitriles is 1. The number of nitrogens with zero attached hydrogens (tertiary/aromatic N) is 3. The lowest BCUT2D eigenvalue weighted by Gasteiger charge is -2.06. The molecule has 0 spiro atoms. The molecule has 15 heavy (non-hydrogen) atoms. The van der Waals surface area contributed by atoms with Crippen molar-refractivity contribution in [3.63, 3.8) is 0 Å². The minimum Gasteiger partial charge on any atom is -0.399 e. The first-order valence-corrected chi connectivity index (χ1v) is 4.55. The summed E-state index contributed by atoms with van der Waals surface area (Å²) in [4.78, 5) is 6.00. The lowest BCUT2D eigenvalue weighted by Crippen LogP contribution is -2.07. The van der Waals surface area contributed by atoms with Crippen LogP contribution in [0.25, 0.3) is 0 Å². The predicted octanol–water partition coefficient (Wildman–Crippen LogP) is 1.67. The van der Waals surface area contributed by atoms with Crippen molar-refractivity contribution >= 4 is 17.7 Å². The molecule has 0 unspecified atom stereocenters. The van der Waals surface area contributed by atoms with Crippen molar-refractivity contribution in [2.45, 2.75) is 6.92 Å². The van der Waals surface area contributed by atoms with Gasteiger partial charge in [-0.2, -0.15) is 5.26 Å². The fraction of sp³-hybridized carbons (Fsp3) is 0.273. The van der Waals surface area contributed by atoms with Crippen LogP contribution in [0.1, 0.15) is 11.1 Å². The second kappa shape index (κ2) is 4.47. The highest BCUT2D eigenvalue weighted by Crippen LogP contribution is 2.25. The van der Waals surface area contributed by atoms with Crippen LogP contribution in [0.5, 0.6) is 0 Å². The molecule has 0 fully saturated rings. The zero-order valence-electron chi connectivity index (χ0n) is 9.15. The van der Waals surface area contributed by atoms with E-state index in [0.717, 1.165) is 5.56 Å². The molecule has 0 aliphatic rings. The average molecular weight is 202 g/mol. The Bertz CT molecular complexity index is 427. The molecule has 0 aromatic heterocycles. The fourth-order valence-electron chi connectivity index (χ4n) is 1.22. The van der Waals surface area contributed by atoms with E-state index in [9.17, 15) is 0 Å². The lowest BCUT2D eigenvalue weighted by atomic mass is 10.1. The van der Waals surface area contributed by atoms with Gasteiger partial charge in [-0.15, -0.1) is 0 Å². The van der Waals surface area contributed by atoms with E-state index in [-0.39, 0.29) is 0 Å². The van der Waals surface area contributed by atoms with E-state index in [1.54, 1.807) is 23.4 Å². The van der Waals surface area contributed by atoms with Crippen molar-refractivity contribution in [1.29, 1.82) is 5.26 Å². The van der Waals surface area contributed by atoms with Gasteiger partial charge < -0.3 is 10.6 Å². The predicted molar refractivity (Wildman–Crippen MR) is 62.1 cm³/mol. The molecule has 0 heterocycles. The molecule has 0 amide bonds. The normalized spacial score (nSPS) is 10.3. The molecule has 1 aromatic rings. The standard InChI is InChI=1S/C11H14N4/c1-8-4-9(13)5-11(10(8)6-12)14-7-15(2)3/h4-5,7H,13H2,1-3H3/b14-7+. The van der Waals surface area contributed by atoms with E-state index in [2.05, 4.69) is 11.1 Å². The number of rotatable bonds is 2. The van der Waals surface area contributed by atoms with Crippen LogP contribution < -0.4 is 5.73 Å². The van der Waals surface area contributed by atoms with Gasteiger partial charge in [-0.1, -0.05) is 0 Å². The summed E-state index contributed by atoms with van der Waals surface area (Å²) in [6.45, 7) is 1.85. The molecule has 1 aromatic carbocycles. The third-order valence-corrected chi connectivity index (χ3v) is 1.88. The Labute approximate surface area is 89.6 Å². The molecule has 78 valence electrons. The van der Waals surface area contributed by atoms with E-state index in [1.807, 2.05) is 21.0 Å². The fourth-order valence-corrected chi connectivity index (χ4v) is 1.22. The second-order valence-corrected chi connectivity index (χ2v) is 3.55. The summed E-state index contributed by atoms with van der Waals surface area (Å²) >= 11 is 0. The first kappa shape index (κ1) is 11.1. The third-order valence-electron chi connectivity index (χ3n) is 1.88. The largest absolute Gasteiger partial charge is 0.399 e. The van der Waals surface area contributed by atoms with Gasteiger partial charge in [0.25, 0.3) is 0 Å². The number of nitrogens with two attached hydrogens (primary N) is 1. The number of hydrogen-bond acceptors (Lipinski definition) is 3. The average Bonchev–Trinajstić information content (AvgIpc) is 2.13. The quantitative estimate of drug-likeness (QED) is 0.450. The van der Waals surface area contributed by atoms with Crippen molar-refractivity contribution in [3.8, 4) is 6.07 Å². The second-order valence-electron chi connectivity index (χ2n) is 3.55. The van der Waals surface area contributed by atoms with E-state index < -0.39 is 0 Å². The van der Waals surface area contributed by atoms with Crippen molar-refractivity contribution in [2.24, 2.45) is 4.99 Å². The molecular formula is C11H14N4. The number of aliphatic imine (C=N–C) groups is 1. The number of benzene rings is 1. The van der Waals surface area contributed by atoms with Gasteiger partial charge in [-0.3, -0.25) is 0 Å². The van der Waals surface area contributed by atoms with Gasteiger partial charge in [0.1, 0.15) is 6.07 Å². The molecule has 0 aliphatic heterocycles. The Balaban J connectivity index is 3.22. The minimum atomic E-state index is 0.572. The molecule has 1 rings (SSSR count). The van der Waals surface area contributed by atoms with Crippen LogP contribution in [-0.2, 0) is 0 Å². The maximum atomic E-state index is 8.98. The van der Waals surface area contributed by atoms with Gasteiger partial charge in [-0.05, 0) is 24.6 Å². The minimum absolute atomic E-state index is 0.572. The first-order valence-electron chi connectivity index (χ1n) is 4.55. The highest BCUT2D eigenvalue weighted by atomic mass is 15.1. The Morgan fingerprint density at radius 1 is 1.47 bits per heavy atom. The Morgan fingerprint density at radius 3 is 2.67 bits per heavy atom. The number of aryl methyl sites for hydroxylation is 1. The third kappa shape index (κ3) is 2.71. The Hall–Kier alpha value is -2.02. The van der Waals surface area contributed by atoms with Crippen molar-refractivity contribution in [3.05, 3.63) is 23.3 Å². The maximum absolute atomic E-state index is 8.98. The summed E-state index contributed by atoms with van der Waals surface area (Å²) in [7, 11) is 3.74. The molecule has 0 radical (unpaired) electrons. The SMILES string of the molecule is Cc1cc(N)cc(/N=C/N(C)C)c1C#N. The highest BCUT2D eigenvalue weighted by molar-refractivity contribution is 5.69. The van der Waals surface area contributed by atoms with Gasteiger partial charge in [-0.25, -0.2) is 4.99 Å². The first-order chi connectivity index (χ1) is 7.04. The van der Waals surface area contributed by atoms with Crippen LogP contribution in [0.3, 0.4) is 0 Å². The molecule has 0 atom stereocenters. The van der Waals surface area contributed by atoms with E-state index in [1.165, 1.54) is 0 Å². The molecule has 0 aliphatic carbocycles. The Kier molecular flexibility index (Phi) is 3.29. The summed E-state index contributed by atoms with van der Waals surface area (Å²) < 4.78 is 0. The van der Waals surface area contributed by atoms with Crippen LogP contribution in [0.4, 0.5) is 11.4 Å². The molecule has 0 saturated heterocycles. The monoisotopic (exact) mass is 202 g/mol. The van der Waals surface area contributed by atoms with E-state index >= 15 is 0 Å². The van der Waals surface area contributed by atoms with Gasteiger partial charge in [0.15, 0.2) is 0 Å². The smallest absolute Gasteiger partial charge is 0.102 e. The van der Waals surface area contributed by atoms with Gasteiger partial charge in [0.2, 0.25) is 0 Å². The summed E-state index contributed by atoms with van der Waals surface area (Å²) in [5.41, 5.74) is 8.35. The number of hydrogen-bond donors (Lipinski definition) is 1. The summed E-state index contributed by atoms with van der Waals surface area (Å²) in [6.07, 6.45) is 1.65. The van der Waals surface area contributed by atoms with Gasteiger partial charge in [0.05, 0.1) is 17.6 Å². The molecular weight excluding hydrogens is 188 g/mol. The van der Waals surface area contributed by atoms with Crippen LogP contribution in [0.2, 0.25) is 0 Å². The lowest BCUT2D eigenvalue weighted by molar-refractivity contribution is 0.643. The molecule has 4 heteroatoms. The zero-order chi connectivity index (χ0) is 11.4. The molecule has 2 N–H and O–H groups in total. The number of anilines is 1. The van der Waals surface area contributed by atoms with Crippen LogP contribution in [0.15, 0.2) is 17.1 Å². The Morgan fingerprint density at radius 2 is 2.13 bits per heavy atom. The highest BCUT2D eigenvalue weighted by Gasteiger charge is 2.05. The van der Waals surface area contributed by atoms with Gasteiger partial charge >= 0.3 is 0 Å². The van der Waals surface area contributed by atoms with Gasteiger partial charge in [0, 0.05) is 19.8 Å². The van der Waals surface area contributed by atoms with Crippen molar-refractivity contribution in [1.82, 2.24) is 4.90 Å². The maximum Gasteiger partial charge on any atom is 0.102 e. The van der Waals surface area contributed by atoms with Crippen molar-refractivity contribution < 1.29 is 0 Å². The zero-order valence-corrected chi connectivity index (χ0v) is 9.15. The molecule has 4 nitrogen and oxygen atoms in total. The van der Waals surface area contributed by atoms with E-state index in [0.29, 0.717) is 16.9 Å². The van der Waals surface area contributed by atoms with Crippen LogP contribution in [-0.4, -0.2) is 25.3 Å². The van der Waals surface area contributed by atoms with Crippen molar-refractivity contribution in [2.75, 3.05) is 19.8 Å². The molecule has 0 saturated carbocycles. The van der Waals surface area contributed by atoms with Crippen LogP contribution >= 0.6 is 0 Å².